The first-order valence-electron chi connectivity index (χ1n) is 7.28. The van der Waals surface area contributed by atoms with Gasteiger partial charge in [0, 0.05) is 24.5 Å². The lowest BCUT2D eigenvalue weighted by atomic mass is 10.0. The van der Waals surface area contributed by atoms with Gasteiger partial charge in [0.1, 0.15) is 5.82 Å². The number of hydrogen-bond acceptors (Lipinski definition) is 3. The molecule has 1 N–H and O–H groups in total. The van der Waals surface area contributed by atoms with Crippen molar-refractivity contribution >= 4 is 16.7 Å². The van der Waals surface area contributed by atoms with Crippen LogP contribution in [0.4, 0.5) is 5.82 Å². The Labute approximate surface area is 113 Å². The second-order valence-electron chi connectivity index (χ2n) is 5.61. The largest absolute Gasteiger partial charge is 0.352 e. The molecular weight excluding hydrogens is 234 g/mol. The molecule has 0 radical (unpaired) electrons. The third-order valence-corrected chi connectivity index (χ3v) is 4.37. The molecule has 0 bridgehead atoms. The lowest BCUT2D eigenvalue weighted by Crippen LogP contribution is -2.41. The Bertz CT molecular complexity index is 602. The first kappa shape index (κ1) is 11.2. The Kier molecular flexibility index (Phi) is 2.66. The number of pyridine rings is 1. The minimum absolute atomic E-state index is 0.632. The highest BCUT2D eigenvalue weighted by Crippen LogP contribution is 2.31. The molecule has 1 aromatic heterocycles. The molecule has 1 aromatic carbocycles. The van der Waals surface area contributed by atoms with Crippen molar-refractivity contribution in [3.63, 3.8) is 0 Å². The van der Waals surface area contributed by atoms with Gasteiger partial charge in [0.05, 0.1) is 5.52 Å². The number of aryl methyl sites for hydroxylation is 1. The van der Waals surface area contributed by atoms with Crippen molar-refractivity contribution in [3.8, 4) is 0 Å². The molecule has 3 heterocycles. The fraction of sp³-hybridized carbons (Fsp3) is 0.438. The zero-order valence-electron chi connectivity index (χ0n) is 11.1. The molecule has 3 heteroatoms. The number of nitrogens with zero attached hydrogens (tertiary/aromatic N) is 2. The third kappa shape index (κ3) is 1.89. The molecule has 1 fully saturated rings. The predicted molar refractivity (Wildman–Crippen MR) is 78.7 cm³/mol. The van der Waals surface area contributed by atoms with Crippen molar-refractivity contribution in [1.82, 2.24) is 10.3 Å². The number of rotatable bonds is 1. The Morgan fingerprint density at radius 2 is 2.21 bits per heavy atom. The van der Waals surface area contributed by atoms with Gasteiger partial charge in [-0.25, -0.2) is 4.98 Å². The van der Waals surface area contributed by atoms with Crippen molar-refractivity contribution in [2.75, 3.05) is 24.5 Å². The summed E-state index contributed by atoms with van der Waals surface area (Å²) in [7, 11) is 0. The van der Waals surface area contributed by atoms with Crippen LogP contribution in [0.1, 0.15) is 18.4 Å². The quantitative estimate of drug-likeness (QED) is 0.845. The summed E-state index contributed by atoms with van der Waals surface area (Å²) in [6.45, 7) is 3.41. The van der Waals surface area contributed by atoms with Gasteiger partial charge >= 0.3 is 0 Å². The summed E-state index contributed by atoms with van der Waals surface area (Å²) in [5.74, 6) is 1.23. The molecule has 1 unspecified atom stereocenters. The predicted octanol–water partition coefficient (Wildman–Crippen LogP) is 2.35. The molecule has 0 amide bonds. The molecular formula is C16H19N3. The smallest absolute Gasteiger partial charge is 0.132 e. The summed E-state index contributed by atoms with van der Waals surface area (Å²) in [6.07, 6.45) is 3.67. The van der Waals surface area contributed by atoms with Crippen molar-refractivity contribution in [3.05, 3.63) is 35.9 Å². The van der Waals surface area contributed by atoms with E-state index in [-0.39, 0.29) is 0 Å². The molecule has 2 aliphatic rings. The molecule has 0 aliphatic carbocycles. The number of benzene rings is 1. The normalized spacial score (nSPS) is 22.7. The Balaban J connectivity index is 1.82. The molecule has 0 saturated carbocycles. The minimum atomic E-state index is 0.632. The molecule has 3 nitrogen and oxygen atoms in total. The third-order valence-electron chi connectivity index (χ3n) is 4.37. The first-order valence-corrected chi connectivity index (χ1v) is 7.28. The maximum atomic E-state index is 4.94. The molecule has 98 valence electrons. The van der Waals surface area contributed by atoms with E-state index in [0.29, 0.717) is 6.04 Å². The van der Waals surface area contributed by atoms with E-state index >= 15 is 0 Å². The first-order chi connectivity index (χ1) is 9.42. The van der Waals surface area contributed by atoms with Crippen LogP contribution in [0.2, 0.25) is 0 Å². The van der Waals surface area contributed by atoms with Crippen LogP contribution in [0.25, 0.3) is 10.9 Å². The van der Waals surface area contributed by atoms with E-state index in [9.17, 15) is 0 Å². The Morgan fingerprint density at radius 3 is 3.11 bits per heavy atom. The van der Waals surface area contributed by atoms with E-state index in [1.807, 2.05) is 0 Å². The van der Waals surface area contributed by atoms with Crippen LogP contribution in [0.5, 0.6) is 0 Å². The molecule has 19 heavy (non-hydrogen) atoms. The van der Waals surface area contributed by atoms with Crippen LogP contribution >= 0.6 is 0 Å². The number of hydrogen-bond donors (Lipinski definition) is 1. The monoisotopic (exact) mass is 253 g/mol. The van der Waals surface area contributed by atoms with E-state index in [2.05, 4.69) is 40.5 Å². The second kappa shape index (κ2) is 4.49. The SMILES string of the molecule is c1ccc2nc3c(cc2c1)CCCN3C1CCNC1. The van der Waals surface area contributed by atoms with Gasteiger partial charge in [-0.3, -0.25) is 0 Å². The molecule has 2 aliphatic heterocycles. The van der Waals surface area contributed by atoms with Crippen molar-refractivity contribution < 1.29 is 0 Å². The molecule has 4 rings (SSSR count). The van der Waals surface area contributed by atoms with Gasteiger partial charge in [0.2, 0.25) is 0 Å². The molecule has 0 spiro atoms. The fourth-order valence-electron chi connectivity index (χ4n) is 3.39. The molecule has 1 atom stereocenters. The Morgan fingerprint density at radius 1 is 1.26 bits per heavy atom. The van der Waals surface area contributed by atoms with Gasteiger partial charge < -0.3 is 10.2 Å². The zero-order chi connectivity index (χ0) is 12.7. The number of aromatic nitrogens is 1. The summed E-state index contributed by atoms with van der Waals surface area (Å²) in [5.41, 5.74) is 2.55. The summed E-state index contributed by atoms with van der Waals surface area (Å²) in [4.78, 5) is 7.47. The van der Waals surface area contributed by atoms with E-state index in [4.69, 9.17) is 4.98 Å². The van der Waals surface area contributed by atoms with Gasteiger partial charge in [-0.1, -0.05) is 18.2 Å². The van der Waals surface area contributed by atoms with E-state index in [0.717, 1.165) is 25.2 Å². The molecule has 1 saturated heterocycles. The van der Waals surface area contributed by atoms with Crippen LogP contribution in [0, 0.1) is 0 Å². The van der Waals surface area contributed by atoms with E-state index in [1.54, 1.807) is 0 Å². The van der Waals surface area contributed by atoms with Crippen LogP contribution in [-0.4, -0.2) is 30.7 Å². The van der Waals surface area contributed by atoms with Crippen LogP contribution in [0.15, 0.2) is 30.3 Å². The maximum absolute atomic E-state index is 4.94. The van der Waals surface area contributed by atoms with Crippen LogP contribution in [0.3, 0.4) is 0 Å². The van der Waals surface area contributed by atoms with E-state index in [1.165, 1.54) is 36.0 Å². The van der Waals surface area contributed by atoms with Gasteiger partial charge in [0.15, 0.2) is 0 Å². The van der Waals surface area contributed by atoms with Gasteiger partial charge in [-0.05, 0) is 43.5 Å². The number of nitrogens with one attached hydrogen (secondary N) is 1. The van der Waals surface area contributed by atoms with E-state index < -0.39 is 0 Å². The van der Waals surface area contributed by atoms with Crippen molar-refractivity contribution in [2.45, 2.75) is 25.3 Å². The summed E-state index contributed by atoms with van der Waals surface area (Å²) >= 11 is 0. The standard InChI is InChI=1S/C16H19N3/c1-2-6-15-12(4-1)10-13-5-3-9-19(16(13)18-15)14-7-8-17-11-14/h1-2,4,6,10,14,17H,3,5,7-9,11H2. The summed E-state index contributed by atoms with van der Waals surface area (Å²) in [6, 6.07) is 11.4. The Hall–Kier alpha value is -1.61. The average Bonchev–Trinajstić information content (AvgIpc) is 2.98. The average molecular weight is 253 g/mol. The van der Waals surface area contributed by atoms with Gasteiger partial charge in [-0.2, -0.15) is 0 Å². The van der Waals surface area contributed by atoms with Crippen molar-refractivity contribution in [2.24, 2.45) is 0 Å². The summed E-state index contributed by atoms with van der Waals surface area (Å²) < 4.78 is 0. The van der Waals surface area contributed by atoms with Gasteiger partial charge in [0.25, 0.3) is 0 Å². The topological polar surface area (TPSA) is 28.2 Å². The second-order valence-corrected chi connectivity index (χ2v) is 5.61. The minimum Gasteiger partial charge on any atom is -0.352 e. The zero-order valence-corrected chi connectivity index (χ0v) is 11.1. The van der Waals surface area contributed by atoms with Crippen molar-refractivity contribution in [1.29, 1.82) is 0 Å². The lowest BCUT2D eigenvalue weighted by molar-refractivity contribution is 0.584. The highest BCUT2D eigenvalue weighted by atomic mass is 15.2. The highest BCUT2D eigenvalue weighted by molar-refractivity contribution is 5.82. The fourth-order valence-corrected chi connectivity index (χ4v) is 3.39. The number of anilines is 1. The lowest BCUT2D eigenvalue weighted by Gasteiger charge is -2.35. The van der Waals surface area contributed by atoms with Crippen LogP contribution < -0.4 is 10.2 Å². The maximum Gasteiger partial charge on any atom is 0.132 e. The molecule has 2 aromatic rings. The number of para-hydroxylation sites is 1. The number of fused-ring (bicyclic) bond motifs is 2. The summed E-state index contributed by atoms with van der Waals surface area (Å²) in [5, 5.41) is 4.74. The highest BCUT2D eigenvalue weighted by Gasteiger charge is 2.27. The van der Waals surface area contributed by atoms with Crippen LogP contribution in [-0.2, 0) is 6.42 Å². The van der Waals surface area contributed by atoms with Gasteiger partial charge in [-0.15, -0.1) is 0 Å².